The van der Waals surface area contributed by atoms with Crippen molar-refractivity contribution >= 4 is 0 Å². The fraction of sp³-hybridized carbons (Fsp3) is 0.619. The standard InChI is InChI=1S/C21H33N5O/c1-27-17-16-24-14-6-21(7-15-24)19-25(18-20-4-9-22-10-5-20)11-3-13-26-12-2-8-23-26/h2,4-5,8-10,12,21H,3,6-7,11,13-19H2,1H3. The first-order valence-electron chi connectivity index (χ1n) is 10.1. The molecule has 6 heteroatoms. The maximum atomic E-state index is 5.22. The van der Waals surface area contributed by atoms with Gasteiger partial charge in [0.15, 0.2) is 0 Å². The predicted octanol–water partition coefficient (Wildman–Crippen LogP) is 2.53. The van der Waals surface area contributed by atoms with Gasteiger partial charge < -0.3 is 9.64 Å². The van der Waals surface area contributed by atoms with E-state index in [2.05, 4.69) is 32.0 Å². The van der Waals surface area contributed by atoms with Gasteiger partial charge in [0.2, 0.25) is 0 Å². The molecule has 27 heavy (non-hydrogen) atoms. The zero-order valence-electron chi connectivity index (χ0n) is 16.5. The van der Waals surface area contributed by atoms with Crippen LogP contribution in [0.4, 0.5) is 0 Å². The lowest BCUT2D eigenvalue weighted by molar-refractivity contribution is 0.104. The van der Waals surface area contributed by atoms with Gasteiger partial charge in [-0.05, 0) is 62.0 Å². The zero-order chi connectivity index (χ0) is 18.7. The highest BCUT2D eigenvalue weighted by Gasteiger charge is 2.21. The van der Waals surface area contributed by atoms with Crippen LogP contribution in [0, 0.1) is 5.92 Å². The molecule has 1 fully saturated rings. The van der Waals surface area contributed by atoms with Crippen molar-refractivity contribution in [2.75, 3.05) is 46.4 Å². The summed E-state index contributed by atoms with van der Waals surface area (Å²) in [6.45, 7) is 8.57. The van der Waals surface area contributed by atoms with Gasteiger partial charge >= 0.3 is 0 Å². The molecule has 148 valence electrons. The largest absolute Gasteiger partial charge is 0.383 e. The van der Waals surface area contributed by atoms with Gasteiger partial charge in [0.1, 0.15) is 0 Å². The van der Waals surface area contributed by atoms with Crippen LogP contribution in [0.1, 0.15) is 24.8 Å². The normalized spacial score (nSPS) is 16.2. The molecule has 3 heterocycles. The van der Waals surface area contributed by atoms with Crippen LogP contribution < -0.4 is 0 Å². The Hall–Kier alpha value is -1.76. The van der Waals surface area contributed by atoms with Crippen molar-refractivity contribution < 1.29 is 4.74 Å². The number of ether oxygens (including phenoxy) is 1. The van der Waals surface area contributed by atoms with Gasteiger partial charge in [-0.15, -0.1) is 0 Å². The second-order valence-corrected chi connectivity index (χ2v) is 7.49. The molecule has 0 spiro atoms. The van der Waals surface area contributed by atoms with E-state index < -0.39 is 0 Å². The molecule has 1 aliphatic heterocycles. The van der Waals surface area contributed by atoms with Crippen molar-refractivity contribution in [1.29, 1.82) is 0 Å². The third-order valence-electron chi connectivity index (χ3n) is 5.41. The summed E-state index contributed by atoms with van der Waals surface area (Å²) in [4.78, 5) is 9.30. The van der Waals surface area contributed by atoms with E-state index in [9.17, 15) is 0 Å². The molecule has 0 unspecified atom stereocenters. The molecule has 2 aromatic rings. The average molecular weight is 372 g/mol. The summed E-state index contributed by atoms with van der Waals surface area (Å²) in [5, 5.41) is 4.32. The van der Waals surface area contributed by atoms with Crippen LogP contribution in [0.25, 0.3) is 0 Å². The Morgan fingerprint density at radius 3 is 2.67 bits per heavy atom. The topological polar surface area (TPSA) is 46.4 Å². The fourth-order valence-corrected chi connectivity index (χ4v) is 3.85. The molecule has 1 saturated heterocycles. The van der Waals surface area contributed by atoms with Gasteiger partial charge in [-0.1, -0.05) is 0 Å². The van der Waals surface area contributed by atoms with E-state index >= 15 is 0 Å². The first-order valence-corrected chi connectivity index (χ1v) is 10.1. The van der Waals surface area contributed by atoms with E-state index in [4.69, 9.17) is 4.74 Å². The summed E-state index contributed by atoms with van der Waals surface area (Å²) in [6.07, 6.45) is 11.4. The summed E-state index contributed by atoms with van der Waals surface area (Å²) in [6, 6.07) is 6.26. The molecule has 0 aromatic carbocycles. The minimum absolute atomic E-state index is 0.787. The van der Waals surface area contributed by atoms with Crippen LogP contribution in [-0.2, 0) is 17.8 Å². The Balaban J connectivity index is 1.48. The minimum Gasteiger partial charge on any atom is -0.383 e. The number of aryl methyl sites for hydroxylation is 1. The Labute approximate surface area is 163 Å². The number of rotatable bonds is 11. The first-order chi connectivity index (χ1) is 13.3. The third-order valence-corrected chi connectivity index (χ3v) is 5.41. The van der Waals surface area contributed by atoms with E-state index in [1.165, 1.54) is 38.0 Å². The summed E-state index contributed by atoms with van der Waals surface area (Å²) in [5.41, 5.74) is 1.35. The molecule has 0 aliphatic carbocycles. The van der Waals surface area contributed by atoms with Crippen LogP contribution in [0.3, 0.4) is 0 Å². The number of nitrogens with zero attached hydrogens (tertiary/aromatic N) is 5. The van der Waals surface area contributed by atoms with Crippen molar-refractivity contribution in [2.24, 2.45) is 5.92 Å². The molecule has 6 nitrogen and oxygen atoms in total. The maximum Gasteiger partial charge on any atom is 0.0589 e. The highest BCUT2D eigenvalue weighted by Crippen LogP contribution is 2.19. The zero-order valence-corrected chi connectivity index (χ0v) is 16.5. The smallest absolute Gasteiger partial charge is 0.0589 e. The van der Waals surface area contributed by atoms with Crippen LogP contribution >= 0.6 is 0 Å². The molecule has 2 aromatic heterocycles. The quantitative estimate of drug-likeness (QED) is 0.607. The van der Waals surface area contributed by atoms with Crippen molar-refractivity contribution in [3.8, 4) is 0 Å². The maximum absolute atomic E-state index is 5.22. The Morgan fingerprint density at radius 2 is 1.96 bits per heavy atom. The average Bonchev–Trinajstić information content (AvgIpc) is 3.22. The van der Waals surface area contributed by atoms with Gasteiger partial charge in [0.25, 0.3) is 0 Å². The van der Waals surface area contributed by atoms with Crippen molar-refractivity contribution in [2.45, 2.75) is 32.4 Å². The number of pyridine rings is 1. The van der Waals surface area contributed by atoms with Gasteiger partial charge in [-0.3, -0.25) is 14.6 Å². The van der Waals surface area contributed by atoms with Crippen molar-refractivity contribution in [3.05, 3.63) is 48.5 Å². The summed E-state index contributed by atoms with van der Waals surface area (Å²) in [7, 11) is 1.78. The lowest BCUT2D eigenvalue weighted by Gasteiger charge is -2.35. The SMILES string of the molecule is COCCN1CCC(CN(CCCn2cccn2)Cc2ccncc2)CC1. The summed E-state index contributed by atoms with van der Waals surface area (Å²) in [5.74, 6) is 0.787. The predicted molar refractivity (Wildman–Crippen MR) is 107 cm³/mol. The monoisotopic (exact) mass is 371 g/mol. The van der Waals surface area contributed by atoms with Crippen LogP contribution in [0.5, 0.6) is 0 Å². The molecule has 0 atom stereocenters. The summed E-state index contributed by atoms with van der Waals surface area (Å²) < 4.78 is 7.24. The number of hydrogen-bond donors (Lipinski definition) is 0. The van der Waals surface area contributed by atoms with E-state index in [1.54, 1.807) is 7.11 Å². The number of methoxy groups -OCH3 is 1. The Bertz CT molecular complexity index is 611. The first kappa shape index (κ1) is 20.0. The van der Waals surface area contributed by atoms with E-state index in [0.29, 0.717) is 0 Å². The molecular formula is C21H33N5O. The number of hydrogen-bond acceptors (Lipinski definition) is 5. The highest BCUT2D eigenvalue weighted by molar-refractivity contribution is 5.09. The number of likely N-dealkylation sites (tertiary alicyclic amines) is 1. The second kappa shape index (κ2) is 11.2. The van der Waals surface area contributed by atoms with Crippen molar-refractivity contribution in [3.63, 3.8) is 0 Å². The lowest BCUT2D eigenvalue weighted by atomic mass is 9.96. The van der Waals surface area contributed by atoms with Gasteiger partial charge in [-0.25, -0.2) is 0 Å². The highest BCUT2D eigenvalue weighted by atomic mass is 16.5. The van der Waals surface area contributed by atoms with E-state index in [-0.39, 0.29) is 0 Å². The van der Waals surface area contributed by atoms with Gasteiger partial charge in [0, 0.05) is 64.6 Å². The van der Waals surface area contributed by atoms with E-state index in [1.807, 2.05) is 35.5 Å². The molecule has 0 amide bonds. The van der Waals surface area contributed by atoms with Gasteiger partial charge in [-0.2, -0.15) is 5.10 Å². The number of piperidine rings is 1. The summed E-state index contributed by atoms with van der Waals surface area (Å²) >= 11 is 0. The number of aromatic nitrogens is 3. The molecular weight excluding hydrogens is 338 g/mol. The fourth-order valence-electron chi connectivity index (χ4n) is 3.85. The Morgan fingerprint density at radius 1 is 1.15 bits per heavy atom. The van der Waals surface area contributed by atoms with Crippen molar-refractivity contribution in [1.82, 2.24) is 24.6 Å². The third kappa shape index (κ3) is 7.05. The second-order valence-electron chi connectivity index (χ2n) is 7.49. The van der Waals surface area contributed by atoms with Crippen LogP contribution in [0.15, 0.2) is 43.0 Å². The van der Waals surface area contributed by atoms with E-state index in [0.717, 1.165) is 45.1 Å². The molecule has 0 saturated carbocycles. The molecule has 1 aliphatic rings. The van der Waals surface area contributed by atoms with Gasteiger partial charge in [0.05, 0.1) is 6.61 Å². The molecule has 0 N–H and O–H groups in total. The van der Waals surface area contributed by atoms with Crippen LogP contribution in [0.2, 0.25) is 0 Å². The molecule has 0 bridgehead atoms. The molecule has 0 radical (unpaired) electrons. The minimum atomic E-state index is 0.787. The Kier molecular flexibility index (Phi) is 8.27. The molecule has 3 rings (SSSR count). The lowest BCUT2D eigenvalue weighted by Crippen LogP contribution is -2.40. The van der Waals surface area contributed by atoms with Crippen LogP contribution in [-0.4, -0.2) is 71.0 Å².